The van der Waals surface area contributed by atoms with Crippen LogP contribution in [0.25, 0.3) is 0 Å². The molecule has 2 atom stereocenters. The number of rotatable bonds is 5. The van der Waals surface area contributed by atoms with Crippen molar-refractivity contribution in [3.8, 4) is 0 Å². The van der Waals surface area contributed by atoms with Crippen molar-refractivity contribution < 1.29 is 27.5 Å². The zero-order valence-electron chi connectivity index (χ0n) is 12.8. The maximum Gasteiger partial charge on any atom is 0.355 e. The molecule has 2 N–H and O–H groups in total. The van der Waals surface area contributed by atoms with E-state index < -0.39 is 33.9 Å². The summed E-state index contributed by atoms with van der Waals surface area (Å²) >= 11 is 0. The molecule has 1 aromatic heterocycles. The van der Waals surface area contributed by atoms with Gasteiger partial charge >= 0.3 is 5.97 Å². The Labute approximate surface area is 133 Å². The standard InChI is InChI=1S/C14H18N2O6S/c1-8(17)10-5-12(15-6-10)14(19)22-9(2)13(18)16-11-3-4-23(20,21)7-11/h5-6,9,11,15H,3-4,7H2,1-2H3,(H,16,18)/t9-,11+/m1/s1. The van der Waals surface area contributed by atoms with Gasteiger partial charge in [0.2, 0.25) is 0 Å². The molecule has 1 aliphatic rings. The van der Waals surface area contributed by atoms with Crippen LogP contribution in [0, 0.1) is 0 Å². The first-order valence-electron chi connectivity index (χ1n) is 7.09. The van der Waals surface area contributed by atoms with Gasteiger partial charge in [-0.25, -0.2) is 13.2 Å². The van der Waals surface area contributed by atoms with Crippen molar-refractivity contribution in [1.29, 1.82) is 0 Å². The van der Waals surface area contributed by atoms with Crippen LogP contribution in [-0.2, 0) is 19.4 Å². The van der Waals surface area contributed by atoms with Gasteiger partial charge in [-0.05, 0) is 26.3 Å². The third-order valence-electron chi connectivity index (χ3n) is 3.54. The molecule has 0 aliphatic carbocycles. The number of Topliss-reactive ketones (excluding diaryl/α,β-unsaturated/α-hetero) is 1. The van der Waals surface area contributed by atoms with E-state index in [9.17, 15) is 22.8 Å². The van der Waals surface area contributed by atoms with Gasteiger partial charge in [-0.1, -0.05) is 0 Å². The molecule has 1 aromatic rings. The van der Waals surface area contributed by atoms with Gasteiger partial charge in [0.1, 0.15) is 5.69 Å². The number of ether oxygens (including phenoxy) is 1. The number of sulfone groups is 1. The number of carbonyl (C=O) groups is 3. The summed E-state index contributed by atoms with van der Waals surface area (Å²) in [5.74, 6) is -1.58. The summed E-state index contributed by atoms with van der Waals surface area (Å²) in [5.41, 5.74) is 0.406. The summed E-state index contributed by atoms with van der Waals surface area (Å²) < 4.78 is 27.7. The molecule has 8 nitrogen and oxygen atoms in total. The van der Waals surface area contributed by atoms with Crippen molar-refractivity contribution in [2.45, 2.75) is 32.4 Å². The minimum atomic E-state index is -3.10. The predicted molar refractivity (Wildman–Crippen MR) is 80.9 cm³/mol. The van der Waals surface area contributed by atoms with Crippen LogP contribution in [0.1, 0.15) is 41.1 Å². The Morgan fingerprint density at radius 3 is 2.61 bits per heavy atom. The van der Waals surface area contributed by atoms with E-state index in [1.807, 2.05) is 0 Å². The highest BCUT2D eigenvalue weighted by atomic mass is 32.2. The molecule has 126 valence electrons. The minimum absolute atomic E-state index is 0.0441. The Bertz CT molecular complexity index is 736. The molecule has 9 heteroatoms. The van der Waals surface area contributed by atoms with Gasteiger partial charge < -0.3 is 15.0 Å². The van der Waals surface area contributed by atoms with Gasteiger partial charge in [-0.3, -0.25) is 9.59 Å². The van der Waals surface area contributed by atoms with E-state index in [2.05, 4.69) is 10.3 Å². The number of esters is 1. The molecule has 0 spiro atoms. The molecular formula is C14H18N2O6S. The third-order valence-corrected chi connectivity index (χ3v) is 5.31. The van der Waals surface area contributed by atoms with Crippen LogP contribution < -0.4 is 5.32 Å². The fourth-order valence-electron chi connectivity index (χ4n) is 2.22. The Morgan fingerprint density at radius 2 is 2.09 bits per heavy atom. The number of ketones is 1. The summed E-state index contributed by atoms with van der Waals surface area (Å²) in [6.07, 6.45) is 0.662. The summed E-state index contributed by atoms with van der Waals surface area (Å²) in [5, 5.41) is 2.55. The van der Waals surface area contributed by atoms with Gasteiger partial charge in [-0.2, -0.15) is 0 Å². The Morgan fingerprint density at radius 1 is 1.39 bits per heavy atom. The molecule has 0 unspecified atom stereocenters. The number of H-pyrrole nitrogens is 1. The van der Waals surface area contributed by atoms with E-state index >= 15 is 0 Å². The summed E-state index contributed by atoms with van der Waals surface area (Å²) in [4.78, 5) is 37.6. The first kappa shape index (κ1) is 17.2. The topological polar surface area (TPSA) is 122 Å². The van der Waals surface area contributed by atoms with E-state index in [-0.39, 0.29) is 23.0 Å². The lowest BCUT2D eigenvalue weighted by atomic mass is 10.2. The van der Waals surface area contributed by atoms with Crippen LogP contribution >= 0.6 is 0 Å². The van der Waals surface area contributed by atoms with Gasteiger partial charge in [0, 0.05) is 17.8 Å². The number of hydrogen-bond acceptors (Lipinski definition) is 6. The maximum atomic E-state index is 11.9. The highest BCUT2D eigenvalue weighted by Gasteiger charge is 2.30. The SMILES string of the molecule is CC(=O)c1c[nH]c(C(=O)O[C@H](C)C(=O)N[C@H]2CCS(=O)(=O)C2)c1. The number of amides is 1. The zero-order valence-corrected chi connectivity index (χ0v) is 13.6. The van der Waals surface area contributed by atoms with Gasteiger partial charge in [0.05, 0.1) is 11.5 Å². The molecule has 0 saturated carbocycles. The second kappa shape index (κ2) is 6.53. The third kappa shape index (κ3) is 4.41. The lowest BCUT2D eigenvalue weighted by Gasteiger charge is -2.16. The largest absolute Gasteiger partial charge is 0.448 e. The molecule has 1 saturated heterocycles. The van der Waals surface area contributed by atoms with Crippen molar-refractivity contribution in [2.24, 2.45) is 0 Å². The second-order valence-corrected chi connectivity index (χ2v) is 7.74. The highest BCUT2D eigenvalue weighted by molar-refractivity contribution is 7.91. The van der Waals surface area contributed by atoms with E-state index in [1.54, 1.807) is 0 Å². The van der Waals surface area contributed by atoms with E-state index in [0.717, 1.165) is 0 Å². The van der Waals surface area contributed by atoms with Crippen LogP contribution in [0.4, 0.5) is 0 Å². The van der Waals surface area contributed by atoms with Crippen LogP contribution in [0.3, 0.4) is 0 Å². The predicted octanol–water partition coefficient (Wildman–Crippen LogP) is 0.0659. The number of carbonyl (C=O) groups excluding carboxylic acids is 3. The molecule has 0 bridgehead atoms. The molecule has 0 aromatic carbocycles. The first-order chi connectivity index (χ1) is 10.7. The zero-order chi connectivity index (χ0) is 17.2. The highest BCUT2D eigenvalue weighted by Crippen LogP contribution is 2.12. The van der Waals surface area contributed by atoms with E-state index in [1.165, 1.54) is 26.1 Å². The van der Waals surface area contributed by atoms with Crippen molar-refractivity contribution in [3.05, 3.63) is 23.5 Å². The molecule has 1 amide bonds. The summed E-state index contributed by atoms with van der Waals surface area (Å²) in [6, 6.07) is 0.891. The van der Waals surface area contributed by atoms with E-state index in [0.29, 0.717) is 12.0 Å². The molecule has 1 fully saturated rings. The van der Waals surface area contributed by atoms with Gasteiger partial charge in [0.25, 0.3) is 5.91 Å². The Hall–Kier alpha value is -2.16. The number of aromatic amines is 1. The maximum absolute atomic E-state index is 11.9. The van der Waals surface area contributed by atoms with Crippen molar-refractivity contribution in [3.63, 3.8) is 0 Å². The normalized spacial score (nSPS) is 20.7. The molecule has 23 heavy (non-hydrogen) atoms. The van der Waals surface area contributed by atoms with Crippen molar-refractivity contribution >= 4 is 27.5 Å². The van der Waals surface area contributed by atoms with Crippen LogP contribution in [0.2, 0.25) is 0 Å². The van der Waals surface area contributed by atoms with Crippen LogP contribution in [0.15, 0.2) is 12.3 Å². The average molecular weight is 342 g/mol. The van der Waals surface area contributed by atoms with Crippen molar-refractivity contribution in [2.75, 3.05) is 11.5 Å². The fourth-order valence-corrected chi connectivity index (χ4v) is 3.89. The number of hydrogen-bond donors (Lipinski definition) is 2. The first-order valence-corrected chi connectivity index (χ1v) is 8.91. The lowest BCUT2D eigenvalue weighted by molar-refractivity contribution is -0.129. The van der Waals surface area contributed by atoms with Crippen molar-refractivity contribution in [1.82, 2.24) is 10.3 Å². The molecular weight excluding hydrogens is 324 g/mol. The fraction of sp³-hybridized carbons (Fsp3) is 0.500. The summed E-state index contributed by atoms with van der Waals surface area (Å²) in [6.45, 7) is 2.76. The Kier molecular flexibility index (Phi) is 4.88. The quantitative estimate of drug-likeness (QED) is 0.576. The molecule has 1 aliphatic heterocycles. The Balaban J connectivity index is 1.90. The molecule has 0 radical (unpaired) electrons. The smallest absolute Gasteiger partial charge is 0.355 e. The van der Waals surface area contributed by atoms with Gasteiger partial charge in [0.15, 0.2) is 21.7 Å². The second-order valence-electron chi connectivity index (χ2n) is 5.51. The average Bonchev–Trinajstić information content (AvgIpc) is 3.05. The van der Waals surface area contributed by atoms with Gasteiger partial charge in [-0.15, -0.1) is 0 Å². The number of aromatic nitrogens is 1. The minimum Gasteiger partial charge on any atom is -0.448 e. The van der Waals surface area contributed by atoms with Crippen LogP contribution in [-0.4, -0.2) is 54.7 Å². The monoisotopic (exact) mass is 342 g/mol. The summed E-state index contributed by atoms with van der Waals surface area (Å²) in [7, 11) is -3.10. The van der Waals surface area contributed by atoms with Crippen LogP contribution in [0.5, 0.6) is 0 Å². The number of nitrogens with one attached hydrogen (secondary N) is 2. The molecule has 2 heterocycles. The van der Waals surface area contributed by atoms with E-state index in [4.69, 9.17) is 4.74 Å². The molecule has 2 rings (SSSR count). The lowest BCUT2D eigenvalue weighted by Crippen LogP contribution is -2.42.